The Morgan fingerprint density at radius 2 is 1.27 bits per heavy atom. The number of halogens is 1. The van der Waals surface area contributed by atoms with Crippen LogP contribution in [-0.2, 0) is 9.47 Å². The Morgan fingerprint density at radius 1 is 0.784 bits per heavy atom. The zero-order chi connectivity index (χ0) is 26.3. The van der Waals surface area contributed by atoms with E-state index in [0.717, 1.165) is 5.56 Å². The van der Waals surface area contributed by atoms with Crippen molar-refractivity contribution in [3.8, 4) is 11.1 Å². The van der Waals surface area contributed by atoms with Crippen LogP contribution in [0, 0.1) is 0 Å². The molecule has 2 N–H and O–H groups in total. The van der Waals surface area contributed by atoms with Crippen LogP contribution in [0.4, 0.5) is 0 Å². The molecule has 4 rings (SSSR count). The number of ether oxygens (including phenoxy) is 2. The lowest BCUT2D eigenvalue weighted by Crippen LogP contribution is -2.29. The predicted octanol–water partition coefficient (Wildman–Crippen LogP) is 2.96. The van der Waals surface area contributed by atoms with Gasteiger partial charge in [-0.15, -0.1) is 0 Å². The third-order valence-electron chi connectivity index (χ3n) is 4.32. The lowest BCUT2D eigenvalue weighted by Gasteiger charge is -2.05. The van der Waals surface area contributed by atoms with Crippen LogP contribution in [0.5, 0.6) is 0 Å². The molecule has 0 unspecified atom stereocenters. The molecule has 0 fully saturated rings. The highest BCUT2D eigenvalue weighted by Gasteiger charge is 2.14. The fourth-order valence-corrected chi connectivity index (χ4v) is 2.99. The molecular weight excluding hydrogens is 543 g/mol. The van der Waals surface area contributed by atoms with Crippen LogP contribution >= 0.6 is 15.9 Å². The summed E-state index contributed by atoms with van der Waals surface area (Å²) < 4.78 is 9.66. The van der Waals surface area contributed by atoms with Gasteiger partial charge in [-0.05, 0) is 27.0 Å². The summed E-state index contributed by atoms with van der Waals surface area (Å²) in [6.45, 7) is 0. The van der Waals surface area contributed by atoms with Gasteiger partial charge in [-0.25, -0.2) is 29.5 Å². The van der Waals surface area contributed by atoms with Gasteiger partial charge in [0.15, 0.2) is 11.4 Å². The Bertz CT molecular complexity index is 1250. The average molecular weight is 569 g/mol. The number of aromatic nitrogens is 4. The molecule has 0 saturated carbocycles. The van der Waals surface area contributed by atoms with Crippen LogP contribution in [0.2, 0.25) is 0 Å². The first-order chi connectivity index (χ1) is 17.4. The van der Waals surface area contributed by atoms with E-state index in [2.05, 4.69) is 45.3 Å². The van der Waals surface area contributed by atoms with Crippen molar-refractivity contribution in [3.05, 3.63) is 102 Å². The Kier molecular flexibility index (Phi) is 14.0. The first-order valence-corrected chi connectivity index (χ1v) is 11.1. The molecule has 0 aliphatic rings. The molecule has 0 aliphatic carbocycles. The molecule has 10 nitrogen and oxygen atoms in total. The molecule has 0 radical (unpaired) electrons. The fourth-order valence-electron chi connectivity index (χ4n) is 2.60. The summed E-state index contributed by atoms with van der Waals surface area (Å²) >= 11 is 3.11. The van der Waals surface area contributed by atoms with Crippen LogP contribution in [-0.4, -0.2) is 63.3 Å². The number of methoxy groups -OCH3 is 2. The molecule has 0 amide bonds. The van der Waals surface area contributed by atoms with Gasteiger partial charge in [0.2, 0.25) is 0 Å². The van der Waals surface area contributed by atoms with Crippen molar-refractivity contribution in [3.63, 3.8) is 0 Å². The highest BCUT2D eigenvalue weighted by atomic mass is 79.9. The quantitative estimate of drug-likeness (QED) is 0.278. The number of carbonyl (C=O) groups excluding carboxylic acids is 2. The van der Waals surface area contributed by atoms with Gasteiger partial charge in [-0.2, -0.15) is 0 Å². The van der Waals surface area contributed by atoms with E-state index in [1.807, 2.05) is 36.4 Å². The van der Waals surface area contributed by atoms with E-state index in [0.29, 0.717) is 15.5 Å². The van der Waals surface area contributed by atoms with Gasteiger partial charge in [0, 0.05) is 18.0 Å². The van der Waals surface area contributed by atoms with Gasteiger partial charge in [-0.1, -0.05) is 68.1 Å². The second kappa shape index (κ2) is 16.6. The predicted molar refractivity (Wildman–Crippen MR) is 143 cm³/mol. The zero-order valence-electron chi connectivity index (χ0n) is 19.4. The first-order valence-electron chi connectivity index (χ1n) is 10.3. The van der Waals surface area contributed by atoms with Crippen LogP contribution in [0.1, 0.15) is 28.4 Å². The van der Waals surface area contributed by atoms with Crippen molar-refractivity contribution in [2.45, 2.75) is 7.43 Å². The van der Waals surface area contributed by atoms with E-state index in [4.69, 9.17) is 10.0 Å². The number of nitrogens with zero attached hydrogens (tertiary/aromatic N) is 4. The van der Waals surface area contributed by atoms with E-state index in [1.54, 1.807) is 30.5 Å². The van der Waals surface area contributed by atoms with Crippen molar-refractivity contribution < 1.29 is 29.1 Å². The summed E-state index contributed by atoms with van der Waals surface area (Å²) in [6, 6.07) is 18.1. The number of hydrogen-bond donors (Lipinski definition) is 2. The van der Waals surface area contributed by atoms with Crippen LogP contribution < -0.4 is 5.46 Å². The standard InChI is InChI=1S/C12H10N2O2.C6H7BO2.C6H5BrN2O2.CH4/c1-16-12(15)11-10(7-13-8-14-11)9-5-3-2-4-6-9;8-7(9)6-4-2-1-3-5-6;1-11-6(10)5-4(7)2-8-3-9-5;/h2-8H,1H3;1-5,8-9H;2-3H,1H3;1H4. The number of benzene rings is 2. The Morgan fingerprint density at radius 3 is 1.76 bits per heavy atom. The smallest absolute Gasteiger partial charge is 0.464 e. The SMILES string of the molecule is C.COC(=O)c1ncncc1-c1ccccc1.COC(=O)c1ncncc1Br.OB(O)c1ccccc1. The van der Waals surface area contributed by atoms with E-state index in [-0.39, 0.29) is 18.8 Å². The summed E-state index contributed by atoms with van der Waals surface area (Å²) in [5, 5.41) is 17.2. The highest BCUT2D eigenvalue weighted by Crippen LogP contribution is 2.21. The maximum absolute atomic E-state index is 11.5. The zero-order valence-corrected chi connectivity index (χ0v) is 20.9. The van der Waals surface area contributed by atoms with Crippen molar-refractivity contribution >= 4 is 40.4 Å². The van der Waals surface area contributed by atoms with Crippen molar-refractivity contribution in [1.82, 2.24) is 19.9 Å². The molecule has 192 valence electrons. The largest absolute Gasteiger partial charge is 0.488 e. The maximum Gasteiger partial charge on any atom is 0.488 e. The molecule has 37 heavy (non-hydrogen) atoms. The first kappa shape index (κ1) is 31.0. The minimum Gasteiger partial charge on any atom is -0.464 e. The highest BCUT2D eigenvalue weighted by molar-refractivity contribution is 9.10. The summed E-state index contributed by atoms with van der Waals surface area (Å²) in [7, 11) is 1.29. The second-order valence-electron chi connectivity index (χ2n) is 6.64. The molecular formula is C25H26BBrN4O6. The van der Waals surface area contributed by atoms with Gasteiger partial charge >= 0.3 is 19.1 Å². The lowest BCUT2D eigenvalue weighted by atomic mass is 9.81. The molecule has 12 heteroatoms. The minimum absolute atomic E-state index is 0. The average Bonchev–Trinajstić information content (AvgIpc) is 2.94. The Labute approximate surface area is 223 Å². The van der Waals surface area contributed by atoms with Gasteiger partial charge in [0.05, 0.1) is 18.7 Å². The molecule has 2 aromatic carbocycles. The monoisotopic (exact) mass is 568 g/mol. The molecule has 0 aliphatic heterocycles. The number of esters is 2. The van der Waals surface area contributed by atoms with Crippen LogP contribution in [0.25, 0.3) is 11.1 Å². The van der Waals surface area contributed by atoms with E-state index >= 15 is 0 Å². The summed E-state index contributed by atoms with van der Waals surface area (Å²) in [4.78, 5) is 37.7. The second-order valence-corrected chi connectivity index (χ2v) is 7.49. The van der Waals surface area contributed by atoms with Crippen molar-refractivity contribution in [2.75, 3.05) is 14.2 Å². The maximum atomic E-state index is 11.5. The van der Waals surface area contributed by atoms with Gasteiger partial charge < -0.3 is 19.5 Å². The van der Waals surface area contributed by atoms with Crippen molar-refractivity contribution in [1.29, 1.82) is 0 Å². The summed E-state index contributed by atoms with van der Waals surface area (Å²) in [5.74, 6) is -0.930. The molecule has 2 aromatic heterocycles. The molecule has 4 aromatic rings. The van der Waals surface area contributed by atoms with Crippen LogP contribution in [0.15, 0.2) is 90.2 Å². The molecule has 0 spiro atoms. The van der Waals surface area contributed by atoms with Crippen molar-refractivity contribution in [2.24, 2.45) is 0 Å². The van der Waals surface area contributed by atoms with Gasteiger partial charge in [0.1, 0.15) is 12.7 Å². The number of hydrogen-bond acceptors (Lipinski definition) is 10. The third-order valence-corrected chi connectivity index (χ3v) is 4.90. The summed E-state index contributed by atoms with van der Waals surface area (Å²) in [6.07, 6.45) is 5.71. The molecule has 2 heterocycles. The fraction of sp³-hybridized carbons (Fsp3) is 0.120. The minimum atomic E-state index is -1.34. The van der Waals surface area contributed by atoms with Gasteiger partial charge in [0.25, 0.3) is 0 Å². The topological polar surface area (TPSA) is 145 Å². The Balaban J connectivity index is 0.000000287. The molecule has 0 bridgehead atoms. The normalized spacial score (nSPS) is 9.22. The Hall–Kier alpha value is -4.00. The van der Waals surface area contributed by atoms with E-state index in [1.165, 1.54) is 33.1 Å². The molecule has 0 saturated heterocycles. The number of rotatable bonds is 4. The lowest BCUT2D eigenvalue weighted by molar-refractivity contribution is 0.0585. The van der Waals surface area contributed by atoms with E-state index in [9.17, 15) is 9.59 Å². The van der Waals surface area contributed by atoms with Crippen LogP contribution in [0.3, 0.4) is 0 Å². The number of carbonyl (C=O) groups is 2. The molecule has 0 atom stereocenters. The summed E-state index contributed by atoms with van der Waals surface area (Å²) in [5.41, 5.74) is 2.61. The van der Waals surface area contributed by atoms with E-state index < -0.39 is 19.1 Å². The van der Waals surface area contributed by atoms with Gasteiger partial charge in [-0.3, -0.25) is 0 Å². The third kappa shape index (κ3) is 9.88.